The highest BCUT2D eigenvalue weighted by Gasteiger charge is 2.26. The standard InChI is InChI=1S/C32H36N2O8/c1-31(2,3)21-13-19(29(39)40)11-17(27(21)37)15-25(35)33-23-9-7-8-10-24(23)34-26(36)16-18-12-20(30(41)42)14-22(28(18)38)32(4,5)6/h7-14,37-38H,15-16H2,1-6H3,(H,33,35)(H,34,36)(H,39,40)(H,41,42). The van der Waals surface area contributed by atoms with Crippen LogP contribution in [0.5, 0.6) is 11.5 Å². The first-order chi connectivity index (χ1) is 19.4. The number of phenols is 2. The van der Waals surface area contributed by atoms with E-state index in [2.05, 4.69) is 10.6 Å². The van der Waals surface area contributed by atoms with E-state index in [1.54, 1.807) is 24.3 Å². The smallest absolute Gasteiger partial charge is 0.335 e. The van der Waals surface area contributed by atoms with Crippen LogP contribution in [0.15, 0.2) is 48.5 Å². The first-order valence-electron chi connectivity index (χ1n) is 13.3. The maximum atomic E-state index is 13.0. The van der Waals surface area contributed by atoms with Crippen LogP contribution < -0.4 is 10.6 Å². The van der Waals surface area contributed by atoms with Crippen molar-refractivity contribution in [1.29, 1.82) is 0 Å². The second kappa shape index (κ2) is 11.9. The molecule has 10 heteroatoms. The number of para-hydroxylation sites is 2. The van der Waals surface area contributed by atoms with Gasteiger partial charge in [-0.3, -0.25) is 9.59 Å². The van der Waals surface area contributed by atoms with Crippen LogP contribution in [0.1, 0.15) is 84.5 Å². The number of carboxylic acids is 2. The molecule has 0 bridgehead atoms. The molecule has 0 unspecified atom stereocenters. The summed E-state index contributed by atoms with van der Waals surface area (Å²) in [7, 11) is 0. The van der Waals surface area contributed by atoms with Crippen LogP contribution in [0, 0.1) is 0 Å². The summed E-state index contributed by atoms with van der Waals surface area (Å²) in [5.41, 5.74) is 0.290. The van der Waals surface area contributed by atoms with Gasteiger partial charge in [-0.15, -0.1) is 0 Å². The highest BCUT2D eigenvalue weighted by atomic mass is 16.4. The number of carbonyl (C=O) groups is 4. The van der Waals surface area contributed by atoms with E-state index in [1.165, 1.54) is 24.3 Å². The average Bonchev–Trinajstić information content (AvgIpc) is 2.85. The maximum absolute atomic E-state index is 13.0. The molecule has 0 radical (unpaired) electrons. The number of aromatic hydroxyl groups is 2. The number of hydrogen-bond donors (Lipinski definition) is 6. The predicted molar refractivity (Wildman–Crippen MR) is 159 cm³/mol. The zero-order chi connectivity index (χ0) is 31.6. The minimum Gasteiger partial charge on any atom is -0.507 e. The van der Waals surface area contributed by atoms with Crippen LogP contribution in [0.25, 0.3) is 0 Å². The van der Waals surface area contributed by atoms with Gasteiger partial charge in [-0.05, 0) is 47.2 Å². The molecule has 10 nitrogen and oxygen atoms in total. The van der Waals surface area contributed by atoms with Crippen LogP contribution in [0.4, 0.5) is 11.4 Å². The Morgan fingerprint density at radius 1 is 0.619 bits per heavy atom. The molecule has 0 fully saturated rings. The Bertz CT molecular complexity index is 1450. The molecule has 3 aromatic carbocycles. The minimum absolute atomic E-state index is 0.0574. The predicted octanol–water partition coefficient (Wildman–Crippen LogP) is 5.45. The lowest BCUT2D eigenvalue weighted by atomic mass is 9.83. The molecule has 0 saturated heterocycles. The van der Waals surface area contributed by atoms with Gasteiger partial charge in [0.1, 0.15) is 11.5 Å². The number of phenolic OH excluding ortho intramolecular Hbond substituents is 2. The third-order valence-electron chi connectivity index (χ3n) is 6.66. The van der Waals surface area contributed by atoms with Crippen molar-refractivity contribution in [3.8, 4) is 11.5 Å². The van der Waals surface area contributed by atoms with Crippen molar-refractivity contribution in [2.45, 2.75) is 65.2 Å². The molecule has 0 aliphatic rings. The van der Waals surface area contributed by atoms with Gasteiger partial charge in [0.25, 0.3) is 0 Å². The number of carboxylic acid groups (broad SMARTS) is 2. The number of benzene rings is 3. The number of carbonyl (C=O) groups excluding carboxylic acids is 2. The van der Waals surface area contributed by atoms with E-state index < -0.39 is 34.6 Å². The van der Waals surface area contributed by atoms with Gasteiger partial charge >= 0.3 is 11.9 Å². The molecule has 222 valence electrons. The molecule has 0 heterocycles. The largest absolute Gasteiger partial charge is 0.507 e. The van der Waals surface area contributed by atoms with E-state index in [9.17, 15) is 39.6 Å². The first-order valence-corrected chi connectivity index (χ1v) is 13.3. The van der Waals surface area contributed by atoms with Crippen molar-refractivity contribution in [2.24, 2.45) is 0 Å². The van der Waals surface area contributed by atoms with Crippen molar-refractivity contribution < 1.29 is 39.6 Å². The lowest BCUT2D eigenvalue weighted by Crippen LogP contribution is -2.20. The molecule has 3 rings (SSSR count). The van der Waals surface area contributed by atoms with Crippen LogP contribution in [-0.4, -0.2) is 44.2 Å². The molecule has 0 saturated carbocycles. The number of anilines is 2. The van der Waals surface area contributed by atoms with Gasteiger partial charge in [0.2, 0.25) is 11.8 Å². The Hall–Kier alpha value is -4.86. The number of nitrogens with one attached hydrogen (secondary N) is 2. The molecular weight excluding hydrogens is 540 g/mol. The second-order valence-electron chi connectivity index (χ2n) is 12.2. The van der Waals surface area contributed by atoms with Gasteiger partial charge < -0.3 is 31.1 Å². The van der Waals surface area contributed by atoms with Crippen molar-refractivity contribution in [3.63, 3.8) is 0 Å². The summed E-state index contributed by atoms with van der Waals surface area (Å²) in [6.45, 7) is 10.9. The Balaban J connectivity index is 1.84. The molecule has 42 heavy (non-hydrogen) atoms. The molecule has 0 atom stereocenters. The summed E-state index contributed by atoms with van der Waals surface area (Å²) < 4.78 is 0. The van der Waals surface area contributed by atoms with E-state index in [0.29, 0.717) is 11.1 Å². The molecule has 0 spiro atoms. The first kappa shape index (κ1) is 31.7. The van der Waals surface area contributed by atoms with Gasteiger partial charge in [0.15, 0.2) is 0 Å². The quantitative estimate of drug-likeness (QED) is 0.205. The average molecular weight is 577 g/mol. The lowest BCUT2D eigenvalue weighted by Gasteiger charge is -2.23. The fraction of sp³-hybridized carbons (Fsp3) is 0.312. The topological polar surface area (TPSA) is 173 Å². The van der Waals surface area contributed by atoms with Gasteiger partial charge in [0.05, 0.1) is 35.3 Å². The van der Waals surface area contributed by atoms with Crippen LogP contribution in [0.3, 0.4) is 0 Å². The molecule has 0 aromatic heterocycles. The maximum Gasteiger partial charge on any atom is 0.335 e. The Morgan fingerprint density at radius 3 is 1.24 bits per heavy atom. The summed E-state index contributed by atoms with van der Waals surface area (Å²) >= 11 is 0. The summed E-state index contributed by atoms with van der Waals surface area (Å²) in [6.07, 6.45) is -0.659. The van der Waals surface area contributed by atoms with Gasteiger partial charge in [0, 0.05) is 22.3 Å². The Morgan fingerprint density at radius 2 is 0.952 bits per heavy atom. The van der Waals surface area contributed by atoms with Crippen molar-refractivity contribution in [1.82, 2.24) is 0 Å². The normalized spacial score (nSPS) is 11.6. The number of rotatable bonds is 8. The summed E-state index contributed by atoms with van der Waals surface area (Å²) in [5, 5.41) is 46.1. The van der Waals surface area contributed by atoms with Crippen LogP contribution >= 0.6 is 0 Å². The molecule has 6 N–H and O–H groups in total. The number of aromatic carboxylic acids is 2. The number of hydrogen-bond acceptors (Lipinski definition) is 6. The third kappa shape index (κ3) is 7.45. The van der Waals surface area contributed by atoms with Crippen molar-refractivity contribution in [3.05, 3.63) is 81.9 Å². The Kier molecular flexibility index (Phi) is 9.00. The Labute approximate surface area is 244 Å². The van der Waals surface area contributed by atoms with E-state index >= 15 is 0 Å². The zero-order valence-electron chi connectivity index (χ0n) is 24.5. The fourth-order valence-electron chi connectivity index (χ4n) is 4.48. The van der Waals surface area contributed by atoms with Gasteiger partial charge in [-0.2, -0.15) is 0 Å². The van der Waals surface area contributed by atoms with Gasteiger partial charge in [-0.25, -0.2) is 9.59 Å². The minimum atomic E-state index is -1.19. The SMILES string of the molecule is CC(C)(C)c1cc(C(=O)O)cc(CC(=O)Nc2ccccc2NC(=O)Cc2cc(C(=O)O)cc(C(C)(C)C)c2O)c1O. The van der Waals surface area contributed by atoms with E-state index in [0.717, 1.165) is 0 Å². The summed E-state index contributed by atoms with van der Waals surface area (Å²) in [5.74, 6) is -3.83. The molecule has 0 aliphatic carbocycles. The highest BCUT2D eigenvalue weighted by molar-refractivity contribution is 6.01. The van der Waals surface area contributed by atoms with Crippen molar-refractivity contribution in [2.75, 3.05) is 10.6 Å². The van der Waals surface area contributed by atoms with Gasteiger partial charge in [-0.1, -0.05) is 53.7 Å². The zero-order valence-corrected chi connectivity index (χ0v) is 24.5. The molecule has 3 aromatic rings. The summed E-state index contributed by atoms with van der Waals surface area (Å²) in [4.78, 5) is 49.4. The molecular formula is C32H36N2O8. The summed E-state index contributed by atoms with van der Waals surface area (Å²) in [6, 6.07) is 11.7. The second-order valence-corrected chi connectivity index (χ2v) is 12.2. The fourth-order valence-corrected chi connectivity index (χ4v) is 4.48. The van der Waals surface area contributed by atoms with E-state index in [-0.39, 0.29) is 58.0 Å². The monoisotopic (exact) mass is 576 g/mol. The van der Waals surface area contributed by atoms with E-state index in [1.807, 2.05) is 41.5 Å². The molecule has 0 aliphatic heterocycles. The number of amides is 2. The highest BCUT2D eigenvalue weighted by Crippen LogP contribution is 2.36. The van der Waals surface area contributed by atoms with Crippen LogP contribution in [-0.2, 0) is 33.3 Å². The third-order valence-corrected chi connectivity index (χ3v) is 6.66. The lowest BCUT2D eigenvalue weighted by molar-refractivity contribution is -0.116. The van der Waals surface area contributed by atoms with Crippen LogP contribution in [0.2, 0.25) is 0 Å². The van der Waals surface area contributed by atoms with E-state index in [4.69, 9.17) is 0 Å². The molecule has 2 amide bonds. The van der Waals surface area contributed by atoms with Crippen molar-refractivity contribution >= 4 is 35.1 Å².